The van der Waals surface area contributed by atoms with Crippen LogP contribution in [0, 0.1) is 11.8 Å². The lowest BCUT2D eigenvalue weighted by molar-refractivity contribution is -0.125. The van der Waals surface area contributed by atoms with Gasteiger partial charge in [-0.15, -0.1) is 0 Å². The van der Waals surface area contributed by atoms with E-state index in [0.717, 1.165) is 32.1 Å². The van der Waals surface area contributed by atoms with Gasteiger partial charge in [0.05, 0.1) is 0 Å². The van der Waals surface area contributed by atoms with Gasteiger partial charge in [0.1, 0.15) is 5.78 Å². The van der Waals surface area contributed by atoms with Gasteiger partial charge in [0, 0.05) is 51.9 Å². The van der Waals surface area contributed by atoms with Crippen LogP contribution < -0.4 is 9.80 Å². The first-order valence-corrected chi connectivity index (χ1v) is 9.97. The van der Waals surface area contributed by atoms with Gasteiger partial charge < -0.3 is 9.80 Å². The summed E-state index contributed by atoms with van der Waals surface area (Å²) >= 11 is 0. The van der Waals surface area contributed by atoms with Crippen LogP contribution in [0.3, 0.4) is 0 Å². The van der Waals surface area contributed by atoms with Crippen LogP contribution in [0.5, 0.6) is 0 Å². The fourth-order valence-corrected chi connectivity index (χ4v) is 4.02. The highest BCUT2D eigenvalue weighted by atomic mass is 16.1. The number of Topliss-reactive ketones (excluding diaryl/α,β-unsaturated/α-hetero) is 1. The Morgan fingerprint density at radius 1 is 0.741 bits per heavy atom. The molecule has 0 spiro atoms. The van der Waals surface area contributed by atoms with E-state index in [-0.39, 0.29) is 5.92 Å². The van der Waals surface area contributed by atoms with Crippen molar-refractivity contribution in [2.24, 2.45) is 11.8 Å². The predicted octanol–water partition coefficient (Wildman–Crippen LogP) is 4.59. The Morgan fingerprint density at radius 3 is 1.67 bits per heavy atom. The van der Waals surface area contributed by atoms with Gasteiger partial charge in [0.25, 0.3) is 0 Å². The second kappa shape index (κ2) is 8.60. The molecule has 2 atom stereocenters. The summed E-state index contributed by atoms with van der Waals surface area (Å²) in [5.74, 6) is 1.14. The molecule has 0 aliphatic heterocycles. The van der Waals surface area contributed by atoms with Crippen molar-refractivity contribution in [3.8, 4) is 0 Å². The summed E-state index contributed by atoms with van der Waals surface area (Å²) in [4.78, 5) is 16.9. The summed E-state index contributed by atoms with van der Waals surface area (Å²) in [5.41, 5.74) is 5.04. The van der Waals surface area contributed by atoms with Crippen LogP contribution in [0.15, 0.2) is 48.5 Å². The highest BCUT2D eigenvalue weighted by Gasteiger charge is 2.28. The molecule has 27 heavy (non-hydrogen) atoms. The van der Waals surface area contributed by atoms with Crippen LogP contribution in [0.4, 0.5) is 11.4 Å². The molecule has 0 heterocycles. The van der Waals surface area contributed by atoms with Crippen molar-refractivity contribution in [1.82, 2.24) is 0 Å². The van der Waals surface area contributed by atoms with Crippen molar-refractivity contribution in [1.29, 1.82) is 0 Å². The highest BCUT2D eigenvalue weighted by Crippen LogP contribution is 2.31. The predicted molar refractivity (Wildman–Crippen MR) is 115 cm³/mol. The van der Waals surface area contributed by atoms with E-state index < -0.39 is 0 Å². The van der Waals surface area contributed by atoms with Crippen LogP contribution >= 0.6 is 0 Å². The minimum absolute atomic E-state index is 0.197. The van der Waals surface area contributed by atoms with Crippen molar-refractivity contribution in [2.45, 2.75) is 32.1 Å². The normalized spacial score (nSPS) is 19.8. The Morgan fingerprint density at radius 2 is 1.22 bits per heavy atom. The number of benzene rings is 2. The molecular weight excluding hydrogens is 332 g/mol. The van der Waals surface area contributed by atoms with Gasteiger partial charge in [0.15, 0.2) is 0 Å². The average Bonchev–Trinajstić information content (AvgIpc) is 2.65. The van der Waals surface area contributed by atoms with Crippen LogP contribution in [-0.2, 0) is 17.6 Å². The number of hydrogen-bond acceptors (Lipinski definition) is 3. The van der Waals surface area contributed by atoms with Crippen molar-refractivity contribution in [3.63, 3.8) is 0 Å². The molecule has 1 aliphatic rings. The fourth-order valence-electron chi connectivity index (χ4n) is 4.02. The van der Waals surface area contributed by atoms with Gasteiger partial charge in [-0.05, 0) is 67.0 Å². The molecule has 1 saturated carbocycles. The van der Waals surface area contributed by atoms with E-state index in [2.05, 4.69) is 72.4 Å². The number of hydrogen-bond donors (Lipinski definition) is 0. The lowest BCUT2D eigenvalue weighted by Gasteiger charge is -2.28. The van der Waals surface area contributed by atoms with Gasteiger partial charge in [-0.25, -0.2) is 0 Å². The quantitative estimate of drug-likeness (QED) is 0.749. The van der Waals surface area contributed by atoms with Gasteiger partial charge in [-0.3, -0.25) is 4.79 Å². The molecule has 3 heteroatoms. The van der Waals surface area contributed by atoms with Crippen LogP contribution in [-0.4, -0.2) is 34.0 Å². The zero-order chi connectivity index (χ0) is 19.4. The summed E-state index contributed by atoms with van der Waals surface area (Å²) < 4.78 is 0. The number of rotatable bonds is 6. The SMILES string of the molecule is CN(C)c1ccc(CC2CCC(Cc3ccc(N(C)C)cc3)C(=O)C2)cc1. The van der Waals surface area contributed by atoms with Crippen LogP contribution in [0.25, 0.3) is 0 Å². The number of carbonyl (C=O) groups is 1. The summed E-state index contributed by atoms with van der Waals surface area (Å²) in [6, 6.07) is 17.4. The average molecular weight is 365 g/mol. The molecule has 1 aliphatic carbocycles. The summed E-state index contributed by atoms with van der Waals surface area (Å²) in [5, 5.41) is 0. The Hall–Kier alpha value is -2.29. The van der Waals surface area contributed by atoms with E-state index in [4.69, 9.17) is 0 Å². The van der Waals surface area contributed by atoms with Crippen molar-refractivity contribution in [3.05, 3.63) is 59.7 Å². The fraction of sp³-hybridized carbons (Fsp3) is 0.458. The Bertz CT molecular complexity index is 747. The van der Waals surface area contributed by atoms with E-state index >= 15 is 0 Å². The number of anilines is 2. The Balaban J connectivity index is 1.53. The maximum Gasteiger partial charge on any atom is 0.136 e. The lowest BCUT2D eigenvalue weighted by Crippen LogP contribution is -2.27. The maximum atomic E-state index is 12.7. The number of nitrogens with zero attached hydrogens (tertiary/aromatic N) is 2. The minimum atomic E-state index is 0.197. The van der Waals surface area contributed by atoms with Gasteiger partial charge in [-0.2, -0.15) is 0 Å². The summed E-state index contributed by atoms with van der Waals surface area (Å²) in [6.07, 6.45) is 4.81. The minimum Gasteiger partial charge on any atom is -0.378 e. The largest absolute Gasteiger partial charge is 0.378 e. The summed E-state index contributed by atoms with van der Waals surface area (Å²) in [6.45, 7) is 0. The standard InChI is InChI=1S/C24H32N2O/c1-25(2)22-11-6-18(7-12-22)15-20-5-10-21(24(27)17-20)16-19-8-13-23(14-9-19)26(3)4/h6-9,11-14,20-21H,5,10,15-17H2,1-4H3. The third-order valence-electron chi connectivity index (χ3n) is 5.78. The zero-order valence-electron chi connectivity index (χ0n) is 17.1. The van der Waals surface area contributed by atoms with E-state index in [9.17, 15) is 4.79 Å². The molecule has 0 radical (unpaired) electrons. The smallest absolute Gasteiger partial charge is 0.136 e. The molecule has 3 rings (SSSR count). The monoisotopic (exact) mass is 364 g/mol. The Labute approximate surface area is 164 Å². The number of carbonyl (C=O) groups excluding carboxylic acids is 1. The van der Waals surface area contributed by atoms with Gasteiger partial charge >= 0.3 is 0 Å². The van der Waals surface area contributed by atoms with Crippen LogP contribution in [0.1, 0.15) is 30.4 Å². The van der Waals surface area contributed by atoms with Crippen molar-refractivity contribution < 1.29 is 4.79 Å². The third kappa shape index (κ3) is 5.12. The van der Waals surface area contributed by atoms with Crippen molar-refractivity contribution in [2.75, 3.05) is 38.0 Å². The second-order valence-electron chi connectivity index (χ2n) is 8.34. The molecule has 2 unspecified atom stereocenters. The Kier molecular flexibility index (Phi) is 6.20. The zero-order valence-corrected chi connectivity index (χ0v) is 17.1. The van der Waals surface area contributed by atoms with Crippen LogP contribution in [0.2, 0.25) is 0 Å². The molecule has 1 fully saturated rings. The van der Waals surface area contributed by atoms with E-state index in [0.29, 0.717) is 11.7 Å². The lowest BCUT2D eigenvalue weighted by atomic mass is 9.76. The van der Waals surface area contributed by atoms with E-state index in [1.165, 1.54) is 22.5 Å². The molecule has 144 valence electrons. The second-order valence-corrected chi connectivity index (χ2v) is 8.34. The molecule has 0 amide bonds. The molecule has 3 nitrogen and oxygen atoms in total. The van der Waals surface area contributed by atoms with Gasteiger partial charge in [0.2, 0.25) is 0 Å². The first-order chi connectivity index (χ1) is 12.9. The highest BCUT2D eigenvalue weighted by molar-refractivity contribution is 5.82. The molecule has 0 N–H and O–H groups in total. The van der Waals surface area contributed by atoms with Crippen molar-refractivity contribution >= 4 is 17.2 Å². The first kappa shape index (κ1) is 19.5. The maximum absolute atomic E-state index is 12.7. The number of ketones is 1. The molecule has 0 aromatic heterocycles. The van der Waals surface area contributed by atoms with E-state index in [1.807, 2.05) is 14.1 Å². The molecule has 0 bridgehead atoms. The third-order valence-corrected chi connectivity index (χ3v) is 5.78. The molecule has 2 aromatic rings. The topological polar surface area (TPSA) is 23.6 Å². The first-order valence-electron chi connectivity index (χ1n) is 9.97. The molecule has 0 saturated heterocycles. The molecular formula is C24H32N2O. The van der Waals surface area contributed by atoms with Gasteiger partial charge in [-0.1, -0.05) is 24.3 Å². The van der Waals surface area contributed by atoms with E-state index in [1.54, 1.807) is 0 Å². The molecule has 2 aromatic carbocycles. The summed E-state index contributed by atoms with van der Waals surface area (Å²) in [7, 11) is 8.22.